The van der Waals surface area contributed by atoms with Crippen LogP contribution in [0.15, 0.2) is 54.6 Å². The number of carboxylic acids is 1. The summed E-state index contributed by atoms with van der Waals surface area (Å²) in [5.74, 6) is -0.627. The second-order valence-corrected chi connectivity index (χ2v) is 7.49. The minimum Gasteiger partial charge on any atom is -0.481 e. The Balaban J connectivity index is 2.17. The number of carbonyl (C=O) groups excluding carboxylic acids is 1. The van der Waals surface area contributed by atoms with E-state index < -0.39 is 23.5 Å². The molecule has 0 saturated heterocycles. The van der Waals surface area contributed by atoms with E-state index in [0.29, 0.717) is 5.92 Å². The van der Waals surface area contributed by atoms with Gasteiger partial charge in [-0.2, -0.15) is 0 Å². The Morgan fingerprint density at radius 2 is 1.56 bits per heavy atom. The van der Waals surface area contributed by atoms with Crippen molar-refractivity contribution in [1.29, 1.82) is 0 Å². The highest BCUT2D eigenvalue weighted by Crippen LogP contribution is 2.34. The molecule has 144 valence electrons. The molecule has 0 aliphatic heterocycles. The standard InChI is InChI=1S/C22H27NO4/c1-15(2)17-10-12-18(13-11-17)19(22(3,4)20(24)25)23-21(26)27-14-16-8-6-5-7-9-16/h5-13,15,19H,14H2,1-4H3,(H,23,26)(H,24,25)/t19-/m0/s1. The van der Waals surface area contributed by atoms with E-state index in [4.69, 9.17) is 4.74 Å². The SMILES string of the molecule is CC(C)c1ccc([C@H](NC(=O)OCc2ccccc2)C(C)(C)C(=O)O)cc1. The minimum absolute atomic E-state index is 0.124. The van der Waals surface area contributed by atoms with Crippen LogP contribution in [-0.2, 0) is 16.1 Å². The van der Waals surface area contributed by atoms with Gasteiger partial charge in [-0.25, -0.2) is 4.79 Å². The van der Waals surface area contributed by atoms with Gasteiger partial charge >= 0.3 is 12.1 Å². The van der Waals surface area contributed by atoms with Crippen molar-refractivity contribution in [2.24, 2.45) is 5.41 Å². The lowest BCUT2D eigenvalue weighted by Gasteiger charge is -2.31. The van der Waals surface area contributed by atoms with Crippen LogP contribution in [-0.4, -0.2) is 17.2 Å². The maximum absolute atomic E-state index is 12.3. The average molecular weight is 369 g/mol. The van der Waals surface area contributed by atoms with Gasteiger partial charge in [-0.1, -0.05) is 68.4 Å². The Kier molecular flexibility index (Phi) is 6.61. The van der Waals surface area contributed by atoms with Crippen LogP contribution in [0.2, 0.25) is 0 Å². The van der Waals surface area contributed by atoms with E-state index in [9.17, 15) is 14.7 Å². The van der Waals surface area contributed by atoms with Crippen molar-refractivity contribution in [3.63, 3.8) is 0 Å². The largest absolute Gasteiger partial charge is 0.481 e. The summed E-state index contributed by atoms with van der Waals surface area (Å²) in [6, 6.07) is 16.3. The third-order valence-corrected chi connectivity index (χ3v) is 4.68. The Hall–Kier alpha value is -2.82. The molecule has 0 fully saturated rings. The van der Waals surface area contributed by atoms with Gasteiger partial charge in [0.15, 0.2) is 0 Å². The second-order valence-electron chi connectivity index (χ2n) is 7.49. The first-order valence-corrected chi connectivity index (χ1v) is 9.02. The third-order valence-electron chi connectivity index (χ3n) is 4.68. The number of nitrogens with one attached hydrogen (secondary N) is 1. The normalized spacial score (nSPS) is 12.5. The number of benzene rings is 2. The summed E-state index contributed by atoms with van der Waals surface area (Å²) in [6.45, 7) is 7.49. The van der Waals surface area contributed by atoms with Gasteiger partial charge in [-0.15, -0.1) is 0 Å². The number of hydrogen-bond donors (Lipinski definition) is 2. The van der Waals surface area contributed by atoms with Gasteiger partial charge in [0, 0.05) is 0 Å². The monoisotopic (exact) mass is 369 g/mol. The molecule has 0 unspecified atom stereocenters. The highest BCUT2D eigenvalue weighted by Gasteiger charge is 2.39. The van der Waals surface area contributed by atoms with Crippen molar-refractivity contribution >= 4 is 12.1 Å². The third kappa shape index (κ3) is 5.33. The number of rotatable bonds is 7. The molecule has 2 N–H and O–H groups in total. The molecule has 27 heavy (non-hydrogen) atoms. The number of carbonyl (C=O) groups is 2. The molecule has 2 aromatic carbocycles. The maximum Gasteiger partial charge on any atom is 0.407 e. The van der Waals surface area contributed by atoms with Gasteiger partial charge in [-0.05, 0) is 36.5 Å². The lowest BCUT2D eigenvalue weighted by molar-refractivity contribution is -0.148. The summed E-state index contributed by atoms with van der Waals surface area (Å²) in [4.78, 5) is 24.1. The highest BCUT2D eigenvalue weighted by molar-refractivity contribution is 5.77. The first-order valence-electron chi connectivity index (χ1n) is 9.02. The van der Waals surface area contributed by atoms with Gasteiger partial charge in [0.1, 0.15) is 6.61 Å². The summed E-state index contributed by atoms with van der Waals surface area (Å²) in [6.07, 6.45) is -0.647. The topological polar surface area (TPSA) is 75.6 Å². The summed E-state index contributed by atoms with van der Waals surface area (Å²) in [7, 11) is 0. The van der Waals surface area contributed by atoms with E-state index in [1.807, 2.05) is 54.6 Å². The van der Waals surface area contributed by atoms with Gasteiger partial charge in [0.05, 0.1) is 11.5 Å². The number of amides is 1. The highest BCUT2D eigenvalue weighted by atomic mass is 16.5. The molecular formula is C22H27NO4. The Morgan fingerprint density at radius 3 is 2.07 bits per heavy atom. The van der Waals surface area contributed by atoms with Crippen molar-refractivity contribution in [2.75, 3.05) is 0 Å². The van der Waals surface area contributed by atoms with E-state index in [-0.39, 0.29) is 6.61 Å². The van der Waals surface area contributed by atoms with E-state index in [1.165, 1.54) is 0 Å². The van der Waals surface area contributed by atoms with Crippen LogP contribution in [0.5, 0.6) is 0 Å². The molecule has 0 radical (unpaired) electrons. The Bertz CT molecular complexity index is 767. The molecule has 2 aromatic rings. The summed E-state index contributed by atoms with van der Waals surface area (Å²) >= 11 is 0. The van der Waals surface area contributed by atoms with Gasteiger partial charge in [-0.3, -0.25) is 4.79 Å². The maximum atomic E-state index is 12.3. The summed E-state index contributed by atoms with van der Waals surface area (Å²) in [5.41, 5.74) is 1.54. The van der Waals surface area contributed by atoms with E-state index in [0.717, 1.165) is 16.7 Å². The van der Waals surface area contributed by atoms with E-state index in [2.05, 4.69) is 19.2 Å². The number of aliphatic carboxylic acids is 1. The predicted molar refractivity (Wildman–Crippen MR) is 104 cm³/mol. The van der Waals surface area contributed by atoms with Crippen LogP contribution in [0.1, 0.15) is 56.3 Å². The quantitative estimate of drug-likeness (QED) is 0.729. The number of ether oxygens (including phenoxy) is 1. The molecule has 5 nitrogen and oxygen atoms in total. The zero-order valence-corrected chi connectivity index (χ0v) is 16.2. The first kappa shape index (κ1) is 20.5. The minimum atomic E-state index is -1.20. The molecule has 1 atom stereocenters. The van der Waals surface area contributed by atoms with Crippen LogP contribution in [0.25, 0.3) is 0 Å². The molecule has 2 rings (SSSR count). The molecular weight excluding hydrogens is 342 g/mol. The Labute approximate surface area is 160 Å². The smallest absolute Gasteiger partial charge is 0.407 e. The lowest BCUT2D eigenvalue weighted by Crippen LogP contribution is -2.42. The Morgan fingerprint density at radius 1 is 1.00 bits per heavy atom. The molecule has 0 bridgehead atoms. The van der Waals surface area contributed by atoms with Crippen LogP contribution < -0.4 is 5.32 Å². The number of carboxylic acid groups (broad SMARTS) is 1. The van der Waals surface area contributed by atoms with Crippen molar-refractivity contribution < 1.29 is 19.4 Å². The summed E-state index contributed by atoms with van der Waals surface area (Å²) in [5, 5.41) is 12.4. The molecule has 0 spiro atoms. The van der Waals surface area contributed by atoms with Crippen LogP contribution in [0, 0.1) is 5.41 Å². The molecule has 0 aliphatic carbocycles. The molecule has 0 aliphatic rings. The molecule has 1 amide bonds. The molecule has 5 heteroatoms. The van der Waals surface area contributed by atoms with Crippen molar-refractivity contribution in [3.05, 3.63) is 71.3 Å². The van der Waals surface area contributed by atoms with E-state index in [1.54, 1.807) is 13.8 Å². The van der Waals surface area contributed by atoms with Crippen molar-refractivity contribution in [3.8, 4) is 0 Å². The fraction of sp³-hybridized carbons (Fsp3) is 0.364. The zero-order chi connectivity index (χ0) is 20.0. The fourth-order valence-electron chi connectivity index (χ4n) is 2.76. The molecule has 0 heterocycles. The first-order chi connectivity index (χ1) is 12.7. The van der Waals surface area contributed by atoms with E-state index >= 15 is 0 Å². The molecule has 0 saturated carbocycles. The van der Waals surface area contributed by atoms with Crippen molar-refractivity contribution in [1.82, 2.24) is 5.32 Å². The van der Waals surface area contributed by atoms with Gasteiger partial charge in [0.25, 0.3) is 0 Å². The van der Waals surface area contributed by atoms with Gasteiger partial charge in [0.2, 0.25) is 0 Å². The lowest BCUT2D eigenvalue weighted by atomic mass is 9.80. The zero-order valence-electron chi connectivity index (χ0n) is 16.2. The van der Waals surface area contributed by atoms with Crippen LogP contribution in [0.4, 0.5) is 4.79 Å². The van der Waals surface area contributed by atoms with Crippen LogP contribution in [0.3, 0.4) is 0 Å². The summed E-state index contributed by atoms with van der Waals surface area (Å²) < 4.78 is 5.27. The average Bonchev–Trinajstić information content (AvgIpc) is 2.65. The fourth-order valence-corrected chi connectivity index (χ4v) is 2.76. The predicted octanol–water partition coefficient (Wildman–Crippen LogP) is 4.89. The van der Waals surface area contributed by atoms with Crippen molar-refractivity contribution in [2.45, 2.75) is 46.3 Å². The molecule has 0 aromatic heterocycles. The van der Waals surface area contributed by atoms with Crippen LogP contribution >= 0.6 is 0 Å². The van der Waals surface area contributed by atoms with Gasteiger partial charge < -0.3 is 15.2 Å². The number of alkyl carbamates (subject to hydrolysis) is 1. The second kappa shape index (κ2) is 8.71. The number of hydrogen-bond acceptors (Lipinski definition) is 3.